The van der Waals surface area contributed by atoms with E-state index in [1.807, 2.05) is 0 Å². The molecule has 0 saturated heterocycles. The summed E-state index contributed by atoms with van der Waals surface area (Å²) in [6, 6.07) is 8.70. The summed E-state index contributed by atoms with van der Waals surface area (Å²) in [4.78, 5) is 12.2. The molecule has 0 radical (unpaired) electrons. The largest absolute Gasteiger partial charge is 0.478 e. The summed E-state index contributed by atoms with van der Waals surface area (Å²) < 4.78 is 21.5. The van der Waals surface area contributed by atoms with Crippen LogP contribution in [0.2, 0.25) is 10.0 Å². The molecule has 7 heteroatoms. The lowest BCUT2D eigenvalue weighted by atomic mass is 10.1. The fraction of sp³-hybridized carbons (Fsp3) is 0.235. The molecule has 2 heterocycles. The molecule has 0 spiro atoms. The van der Waals surface area contributed by atoms with Gasteiger partial charge in [0.15, 0.2) is 17.6 Å². The topological polar surface area (TPSA) is 54.0 Å². The molecule has 4 rings (SSSR count). The zero-order chi connectivity index (χ0) is 16.7. The summed E-state index contributed by atoms with van der Waals surface area (Å²) in [5, 5.41) is 1.04. The second kappa shape index (κ2) is 6.07. The number of rotatable bonds is 3. The van der Waals surface area contributed by atoms with Crippen molar-refractivity contribution in [1.82, 2.24) is 0 Å². The first-order chi connectivity index (χ1) is 11.6. The normalized spacial score (nSPS) is 17.3. The van der Waals surface area contributed by atoms with E-state index in [2.05, 4.69) is 0 Å². The number of ether oxygens (including phenoxy) is 4. The molecular formula is C17H12Cl2O5. The average molecular weight is 367 g/mol. The van der Waals surface area contributed by atoms with E-state index in [0.29, 0.717) is 33.7 Å². The monoisotopic (exact) mass is 366 g/mol. The van der Waals surface area contributed by atoms with Crippen molar-refractivity contribution in [3.8, 4) is 17.2 Å². The van der Waals surface area contributed by atoms with Crippen molar-refractivity contribution in [3.05, 3.63) is 51.5 Å². The van der Waals surface area contributed by atoms with E-state index in [1.54, 1.807) is 30.3 Å². The predicted molar refractivity (Wildman–Crippen MR) is 86.9 cm³/mol. The zero-order valence-corrected chi connectivity index (χ0v) is 13.9. The van der Waals surface area contributed by atoms with Crippen LogP contribution in [-0.4, -0.2) is 18.9 Å². The van der Waals surface area contributed by atoms with Crippen molar-refractivity contribution in [2.75, 3.05) is 6.79 Å². The second-order valence-electron chi connectivity index (χ2n) is 5.48. The Balaban J connectivity index is 1.40. The molecule has 0 aromatic heterocycles. The zero-order valence-electron chi connectivity index (χ0n) is 12.4. The summed E-state index contributed by atoms with van der Waals surface area (Å²) in [7, 11) is 0. The number of hydrogen-bond donors (Lipinski definition) is 0. The Morgan fingerprint density at radius 1 is 1.17 bits per heavy atom. The Kier molecular flexibility index (Phi) is 3.90. The maximum absolute atomic E-state index is 12.2. The highest BCUT2D eigenvalue weighted by atomic mass is 35.5. The van der Waals surface area contributed by atoms with E-state index in [0.717, 1.165) is 11.1 Å². The van der Waals surface area contributed by atoms with Gasteiger partial charge in [-0.25, -0.2) is 4.79 Å². The fourth-order valence-corrected chi connectivity index (χ4v) is 3.18. The van der Waals surface area contributed by atoms with Gasteiger partial charge in [0, 0.05) is 11.4 Å². The first kappa shape index (κ1) is 15.4. The molecule has 2 aliphatic rings. The molecule has 2 aliphatic heterocycles. The summed E-state index contributed by atoms with van der Waals surface area (Å²) in [6.45, 7) is 0.210. The quantitative estimate of drug-likeness (QED) is 0.773. The Morgan fingerprint density at radius 2 is 2.04 bits per heavy atom. The third kappa shape index (κ3) is 2.85. The molecule has 124 valence electrons. The smallest absolute Gasteiger partial charge is 0.348 e. The number of fused-ring (bicyclic) bond motifs is 2. The van der Waals surface area contributed by atoms with Gasteiger partial charge >= 0.3 is 5.97 Å². The fourth-order valence-electron chi connectivity index (χ4n) is 2.70. The van der Waals surface area contributed by atoms with Crippen molar-refractivity contribution < 1.29 is 23.7 Å². The van der Waals surface area contributed by atoms with Crippen LogP contribution in [0.3, 0.4) is 0 Å². The molecular weight excluding hydrogens is 355 g/mol. The lowest BCUT2D eigenvalue weighted by Crippen LogP contribution is -2.27. The van der Waals surface area contributed by atoms with Crippen LogP contribution in [0.25, 0.3) is 0 Å². The third-order valence-corrected chi connectivity index (χ3v) is 4.34. The van der Waals surface area contributed by atoms with Crippen LogP contribution in [0, 0.1) is 0 Å². The Morgan fingerprint density at radius 3 is 2.92 bits per heavy atom. The van der Waals surface area contributed by atoms with E-state index in [1.165, 1.54) is 0 Å². The van der Waals surface area contributed by atoms with Gasteiger partial charge in [0.1, 0.15) is 12.4 Å². The number of benzene rings is 2. The summed E-state index contributed by atoms with van der Waals surface area (Å²) in [5.41, 5.74) is 1.62. The number of carbonyl (C=O) groups is 1. The van der Waals surface area contributed by atoms with Crippen molar-refractivity contribution in [2.45, 2.75) is 19.1 Å². The van der Waals surface area contributed by atoms with Crippen LogP contribution in [0.15, 0.2) is 30.3 Å². The van der Waals surface area contributed by atoms with Crippen LogP contribution in [0.4, 0.5) is 0 Å². The molecule has 24 heavy (non-hydrogen) atoms. The summed E-state index contributed by atoms with van der Waals surface area (Å²) >= 11 is 12.1. The van der Waals surface area contributed by atoms with E-state index in [4.69, 9.17) is 42.1 Å². The van der Waals surface area contributed by atoms with Gasteiger partial charge in [0.25, 0.3) is 0 Å². The van der Waals surface area contributed by atoms with Crippen LogP contribution < -0.4 is 14.2 Å². The molecule has 0 aliphatic carbocycles. The van der Waals surface area contributed by atoms with E-state index >= 15 is 0 Å². The van der Waals surface area contributed by atoms with Crippen molar-refractivity contribution >= 4 is 29.2 Å². The van der Waals surface area contributed by atoms with Crippen molar-refractivity contribution in [3.63, 3.8) is 0 Å². The van der Waals surface area contributed by atoms with Gasteiger partial charge in [0.2, 0.25) is 6.79 Å². The standard InChI is InChI=1S/C17H12Cl2O5/c18-11-1-2-13-10(5-11)6-15(24-13)17(20)21-7-9-3-12(19)16-14(4-9)22-8-23-16/h1-5,15H,6-8H2/t15-/m1/s1. The molecule has 0 amide bonds. The summed E-state index contributed by atoms with van der Waals surface area (Å²) in [5.74, 6) is 1.29. The number of esters is 1. The predicted octanol–water partition coefficient (Wildman–Crippen LogP) is 3.77. The van der Waals surface area contributed by atoms with Gasteiger partial charge in [-0.3, -0.25) is 0 Å². The van der Waals surface area contributed by atoms with Gasteiger partial charge in [-0.2, -0.15) is 0 Å². The Labute approximate surface area is 148 Å². The van der Waals surface area contributed by atoms with Crippen LogP contribution in [-0.2, 0) is 22.6 Å². The molecule has 0 N–H and O–H groups in total. The number of halogens is 2. The molecule has 2 aromatic carbocycles. The van der Waals surface area contributed by atoms with Crippen molar-refractivity contribution in [2.24, 2.45) is 0 Å². The summed E-state index contributed by atoms with van der Waals surface area (Å²) in [6.07, 6.45) is -0.223. The van der Waals surface area contributed by atoms with Gasteiger partial charge in [0.05, 0.1) is 5.02 Å². The molecule has 1 atom stereocenters. The van der Waals surface area contributed by atoms with Crippen molar-refractivity contribution in [1.29, 1.82) is 0 Å². The third-order valence-electron chi connectivity index (χ3n) is 3.83. The average Bonchev–Trinajstić information content (AvgIpc) is 3.18. The van der Waals surface area contributed by atoms with Gasteiger partial charge in [-0.05, 0) is 41.5 Å². The molecule has 0 saturated carbocycles. The molecule has 2 aromatic rings. The maximum Gasteiger partial charge on any atom is 0.348 e. The highest BCUT2D eigenvalue weighted by Crippen LogP contribution is 2.40. The SMILES string of the molecule is O=C(OCc1cc(Cl)c2c(c1)OCO2)[C@H]1Cc2cc(Cl)ccc2O1. The lowest BCUT2D eigenvalue weighted by Gasteiger charge is -2.11. The van der Waals surface area contributed by atoms with Gasteiger partial charge in [-0.1, -0.05) is 23.2 Å². The second-order valence-corrected chi connectivity index (χ2v) is 6.33. The first-order valence-corrected chi connectivity index (χ1v) is 8.05. The highest BCUT2D eigenvalue weighted by molar-refractivity contribution is 6.32. The maximum atomic E-state index is 12.2. The Bertz CT molecular complexity index is 821. The van der Waals surface area contributed by atoms with E-state index < -0.39 is 12.1 Å². The molecule has 0 bridgehead atoms. The Hall–Kier alpha value is -2.11. The van der Waals surface area contributed by atoms with Gasteiger partial charge in [-0.15, -0.1) is 0 Å². The number of carbonyl (C=O) groups excluding carboxylic acids is 1. The van der Waals surface area contributed by atoms with E-state index in [-0.39, 0.29) is 13.4 Å². The minimum atomic E-state index is -0.664. The number of hydrogen-bond acceptors (Lipinski definition) is 5. The van der Waals surface area contributed by atoms with Crippen LogP contribution in [0.5, 0.6) is 17.2 Å². The first-order valence-electron chi connectivity index (χ1n) is 7.30. The molecule has 0 unspecified atom stereocenters. The molecule has 0 fully saturated rings. The lowest BCUT2D eigenvalue weighted by molar-refractivity contribution is -0.152. The molecule has 5 nitrogen and oxygen atoms in total. The van der Waals surface area contributed by atoms with Crippen LogP contribution in [0.1, 0.15) is 11.1 Å². The van der Waals surface area contributed by atoms with E-state index in [9.17, 15) is 4.79 Å². The minimum absolute atomic E-state index is 0.0756. The highest BCUT2D eigenvalue weighted by Gasteiger charge is 2.30. The minimum Gasteiger partial charge on any atom is -0.478 e. The van der Waals surface area contributed by atoms with Gasteiger partial charge < -0.3 is 18.9 Å². The van der Waals surface area contributed by atoms with Crippen LogP contribution >= 0.6 is 23.2 Å².